The molecule has 2 atom stereocenters. The molecule has 2 heterocycles. The van der Waals surface area contributed by atoms with Gasteiger partial charge in [-0.2, -0.15) is 0 Å². The molecule has 0 saturated carbocycles. The average molecular weight is 246 g/mol. The highest BCUT2D eigenvalue weighted by molar-refractivity contribution is 6.18. The molecule has 16 heavy (non-hydrogen) atoms. The topological polar surface area (TPSA) is 12.5 Å². The molecule has 2 nitrogen and oxygen atoms in total. The third-order valence-corrected chi connectivity index (χ3v) is 4.28. The normalized spacial score (nSPS) is 35.4. The standard InChI is InChI=1S/C13H24ClNO/c1-13(2)7-6-12(16-13)10-15-8-4-3-5-11(15)9-14/h11-12H,3-10H2,1-2H3. The Labute approximate surface area is 104 Å². The number of alkyl halides is 1. The lowest BCUT2D eigenvalue weighted by atomic mass is 10.0. The highest BCUT2D eigenvalue weighted by Crippen LogP contribution is 2.31. The average Bonchev–Trinajstić information content (AvgIpc) is 2.59. The number of piperidine rings is 1. The number of ether oxygens (including phenoxy) is 1. The van der Waals surface area contributed by atoms with Crippen molar-refractivity contribution in [2.24, 2.45) is 0 Å². The zero-order chi connectivity index (χ0) is 11.6. The lowest BCUT2D eigenvalue weighted by molar-refractivity contribution is -0.0357. The van der Waals surface area contributed by atoms with Crippen LogP contribution in [0.4, 0.5) is 0 Å². The molecule has 0 aromatic heterocycles. The number of rotatable bonds is 3. The minimum absolute atomic E-state index is 0.0942. The molecule has 2 fully saturated rings. The van der Waals surface area contributed by atoms with Gasteiger partial charge >= 0.3 is 0 Å². The van der Waals surface area contributed by atoms with Crippen molar-refractivity contribution in [3.63, 3.8) is 0 Å². The molecule has 2 aliphatic heterocycles. The molecule has 2 unspecified atom stereocenters. The molecule has 0 N–H and O–H groups in total. The molecule has 3 heteroatoms. The summed E-state index contributed by atoms with van der Waals surface area (Å²) >= 11 is 6.03. The van der Waals surface area contributed by atoms with Crippen molar-refractivity contribution in [3.05, 3.63) is 0 Å². The van der Waals surface area contributed by atoms with E-state index in [-0.39, 0.29) is 5.60 Å². The number of hydrogen-bond acceptors (Lipinski definition) is 2. The van der Waals surface area contributed by atoms with Crippen LogP contribution in [0.1, 0.15) is 46.0 Å². The van der Waals surface area contributed by atoms with Crippen LogP contribution < -0.4 is 0 Å². The second-order valence-corrected chi connectivity index (χ2v) is 6.15. The van der Waals surface area contributed by atoms with E-state index in [2.05, 4.69) is 18.7 Å². The molecular formula is C13H24ClNO. The Balaban J connectivity index is 1.84. The molecule has 0 aromatic carbocycles. The molecular weight excluding hydrogens is 222 g/mol. The number of halogens is 1. The molecule has 94 valence electrons. The first-order chi connectivity index (χ1) is 7.61. The first-order valence-electron chi connectivity index (χ1n) is 6.58. The van der Waals surface area contributed by atoms with E-state index in [0.29, 0.717) is 12.1 Å². The van der Waals surface area contributed by atoms with Gasteiger partial charge in [0.05, 0.1) is 11.7 Å². The largest absolute Gasteiger partial charge is 0.371 e. The van der Waals surface area contributed by atoms with Crippen LogP contribution in [0.3, 0.4) is 0 Å². The smallest absolute Gasteiger partial charge is 0.0710 e. The Morgan fingerprint density at radius 2 is 2.12 bits per heavy atom. The lowest BCUT2D eigenvalue weighted by Gasteiger charge is -2.36. The minimum atomic E-state index is 0.0942. The Bertz CT molecular complexity index is 232. The van der Waals surface area contributed by atoms with E-state index >= 15 is 0 Å². The fourth-order valence-electron chi connectivity index (χ4n) is 2.94. The summed E-state index contributed by atoms with van der Waals surface area (Å²) in [5.74, 6) is 0.774. The highest BCUT2D eigenvalue weighted by atomic mass is 35.5. The van der Waals surface area contributed by atoms with Gasteiger partial charge in [-0.25, -0.2) is 0 Å². The van der Waals surface area contributed by atoms with E-state index in [1.54, 1.807) is 0 Å². The van der Waals surface area contributed by atoms with Crippen LogP contribution in [0.25, 0.3) is 0 Å². The first kappa shape index (κ1) is 12.7. The van der Waals surface area contributed by atoms with Gasteiger partial charge in [-0.1, -0.05) is 6.42 Å². The van der Waals surface area contributed by atoms with Crippen LogP contribution in [0, 0.1) is 0 Å². The maximum Gasteiger partial charge on any atom is 0.0710 e. The van der Waals surface area contributed by atoms with Crippen LogP contribution >= 0.6 is 11.6 Å². The minimum Gasteiger partial charge on any atom is -0.371 e. The molecule has 0 amide bonds. The summed E-state index contributed by atoms with van der Waals surface area (Å²) in [6.07, 6.45) is 6.75. The molecule has 2 rings (SSSR count). The highest BCUT2D eigenvalue weighted by Gasteiger charge is 2.34. The van der Waals surface area contributed by atoms with Gasteiger partial charge in [0.1, 0.15) is 0 Å². The van der Waals surface area contributed by atoms with E-state index in [4.69, 9.17) is 16.3 Å². The van der Waals surface area contributed by atoms with Crippen LogP contribution in [-0.2, 0) is 4.74 Å². The van der Waals surface area contributed by atoms with Crippen molar-refractivity contribution in [2.75, 3.05) is 19.0 Å². The predicted molar refractivity (Wildman–Crippen MR) is 68.1 cm³/mol. The second-order valence-electron chi connectivity index (χ2n) is 5.84. The van der Waals surface area contributed by atoms with Crippen molar-refractivity contribution in [1.82, 2.24) is 4.90 Å². The van der Waals surface area contributed by atoms with E-state index in [1.165, 1.54) is 38.6 Å². The van der Waals surface area contributed by atoms with Gasteiger partial charge in [-0.3, -0.25) is 4.90 Å². The number of likely N-dealkylation sites (tertiary alicyclic amines) is 1. The summed E-state index contributed by atoms with van der Waals surface area (Å²) in [4.78, 5) is 2.54. The van der Waals surface area contributed by atoms with Crippen LogP contribution in [0.5, 0.6) is 0 Å². The first-order valence-corrected chi connectivity index (χ1v) is 7.12. The van der Waals surface area contributed by atoms with Crippen molar-refractivity contribution in [1.29, 1.82) is 0 Å². The Morgan fingerprint density at radius 3 is 2.75 bits per heavy atom. The van der Waals surface area contributed by atoms with E-state index in [9.17, 15) is 0 Å². The third-order valence-electron chi connectivity index (χ3n) is 3.92. The van der Waals surface area contributed by atoms with E-state index < -0.39 is 0 Å². The van der Waals surface area contributed by atoms with Gasteiger partial charge < -0.3 is 4.74 Å². The van der Waals surface area contributed by atoms with Crippen LogP contribution in [0.15, 0.2) is 0 Å². The molecule has 0 spiro atoms. The Kier molecular flexibility index (Phi) is 4.15. The fraction of sp³-hybridized carbons (Fsp3) is 1.00. The van der Waals surface area contributed by atoms with E-state index in [0.717, 1.165) is 12.4 Å². The maximum atomic E-state index is 6.06. The maximum absolute atomic E-state index is 6.06. The van der Waals surface area contributed by atoms with Gasteiger partial charge in [0.25, 0.3) is 0 Å². The molecule has 2 aliphatic rings. The van der Waals surface area contributed by atoms with E-state index in [1.807, 2.05) is 0 Å². The van der Waals surface area contributed by atoms with Crippen molar-refractivity contribution in [3.8, 4) is 0 Å². The summed E-state index contributed by atoms with van der Waals surface area (Å²) in [5, 5.41) is 0. The summed E-state index contributed by atoms with van der Waals surface area (Å²) in [7, 11) is 0. The molecule has 0 aromatic rings. The van der Waals surface area contributed by atoms with Crippen LogP contribution in [0.2, 0.25) is 0 Å². The van der Waals surface area contributed by atoms with Crippen molar-refractivity contribution < 1.29 is 4.74 Å². The molecule has 0 bridgehead atoms. The predicted octanol–water partition coefficient (Wildman–Crippen LogP) is 3.04. The monoisotopic (exact) mass is 245 g/mol. The summed E-state index contributed by atoms with van der Waals surface area (Å²) in [6, 6.07) is 0.586. The lowest BCUT2D eigenvalue weighted by Crippen LogP contribution is -2.45. The molecule has 2 saturated heterocycles. The summed E-state index contributed by atoms with van der Waals surface area (Å²) < 4.78 is 6.06. The number of hydrogen-bond donors (Lipinski definition) is 0. The number of nitrogens with zero attached hydrogens (tertiary/aromatic N) is 1. The van der Waals surface area contributed by atoms with Gasteiger partial charge in [-0.05, 0) is 46.1 Å². The Hall–Kier alpha value is 0.210. The van der Waals surface area contributed by atoms with Crippen molar-refractivity contribution in [2.45, 2.75) is 63.7 Å². The molecule has 0 aliphatic carbocycles. The quantitative estimate of drug-likeness (QED) is 0.709. The fourth-order valence-corrected chi connectivity index (χ4v) is 3.29. The van der Waals surface area contributed by atoms with Crippen LogP contribution in [-0.4, -0.2) is 41.6 Å². The third kappa shape index (κ3) is 3.12. The molecule has 0 radical (unpaired) electrons. The summed E-state index contributed by atoms with van der Waals surface area (Å²) in [5.41, 5.74) is 0.0942. The SMILES string of the molecule is CC1(C)CCC(CN2CCCCC2CCl)O1. The zero-order valence-electron chi connectivity index (χ0n) is 10.5. The second kappa shape index (κ2) is 5.24. The van der Waals surface area contributed by atoms with Gasteiger partial charge in [0.15, 0.2) is 0 Å². The van der Waals surface area contributed by atoms with Crippen molar-refractivity contribution >= 4 is 11.6 Å². The van der Waals surface area contributed by atoms with Gasteiger partial charge in [0.2, 0.25) is 0 Å². The Morgan fingerprint density at radius 1 is 1.31 bits per heavy atom. The summed E-state index contributed by atoms with van der Waals surface area (Å²) in [6.45, 7) is 6.68. The van der Waals surface area contributed by atoms with Gasteiger partial charge in [-0.15, -0.1) is 11.6 Å². The van der Waals surface area contributed by atoms with Gasteiger partial charge in [0, 0.05) is 18.5 Å². The zero-order valence-corrected chi connectivity index (χ0v) is 11.3.